The number of thioether (sulfide) groups is 1. The molecule has 0 atom stereocenters. The van der Waals surface area contributed by atoms with Gasteiger partial charge in [0, 0.05) is 11.4 Å². The number of hydrogen-bond acceptors (Lipinski definition) is 6. The number of halogens is 1. The van der Waals surface area contributed by atoms with Crippen molar-refractivity contribution in [2.45, 2.75) is 25.6 Å². The minimum Gasteiger partial charge on any atom is -0.494 e. The second-order valence-corrected chi connectivity index (χ2v) is 8.51. The average molecular weight is 493 g/mol. The number of nitrogens with one attached hydrogen (secondary N) is 1. The molecule has 180 valence electrons. The summed E-state index contributed by atoms with van der Waals surface area (Å²) in [7, 11) is 0. The van der Waals surface area contributed by atoms with Gasteiger partial charge in [-0.05, 0) is 67.9 Å². The highest BCUT2D eigenvalue weighted by Crippen LogP contribution is 2.25. The molecule has 4 rings (SSSR count). The fourth-order valence-corrected chi connectivity index (χ4v) is 4.04. The maximum Gasteiger partial charge on any atom is 0.234 e. The summed E-state index contributed by atoms with van der Waals surface area (Å²) in [5.74, 6) is 1.49. The van der Waals surface area contributed by atoms with Gasteiger partial charge in [-0.25, -0.2) is 4.39 Å². The maximum absolute atomic E-state index is 13.8. The smallest absolute Gasteiger partial charge is 0.234 e. The number of rotatable bonds is 10. The number of aromatic nitrogens is 3. The van der Waals surface area contributed by atoms with E-state index in [0.29, 0.717) is 34.6 Å². The van der Waals surface area contributed by atoms with Crippen molar-refractivity contribution in [2.75, 3.05) is 17.7 Å². The van der Waals surface area contributed by atoms with E-state index < -0.39 is 0 Å². The van der Waals surface area contributed by atoms with E-state index in [-0.39, 0.29) is 24.1 Å². The molecular formula is C26H25FN4O3S. The van der Waals surface area contributed by atoms with E-state index in [1.165, 1.54) is 17.8 Å². The number of carbonyl (C=O) groups is 1. The van der Waals surface area contributed by atoms with E-state index >= 15 is 0 Å². The number of para-hydroxylation sites is 1. The summed E-state index contributed by atoms with van der Waals surface area (Å²) in [5, 5.41) is 11.8. The maximum atomic E-state index is 13.8. The predicted octanol–water partition coefficient (Wildman–Crippen LogP) is 5.42. The molecule has 1 amide bonds. The van der Waals surface area contributed by atoms with E-state index in [2.05, 4.69) is 15.5 Å². The molecule has 4 aromatic rings. The third-order valence-corrected chi connectivity index (χ3v) is 5.93. The van der Waals surface area contributed by atoms with E-state index in [1.54, 1.807) is 19.1 Å². The zero-order valence-corrected chi connectivity index (χ0v) is 20.2. The lowest BCUT2D eigenvalue weighted by Gasteiger charge is -2.12. The van der Waals surface area contributed by atoms with Crippen molar-refractivity contribution in [3.05, 3.63) is 90.0 Å². The number of carbonyl (C=O) groups excluding carboxylic acids is 1. The van der Waals surface area contributed by atoms with Crippen LogP contribution in [-0.4, -0.2) is 33.0 Å². The van der Waals surface area contributed by atoms with Crippen molar-refractivity contribution in [3.63, 3.8) is 0 Å². The van der Waals surface area contributed by atoms with E-state index in [0.717, 1.165) is 11.4 Å². The fraction of sp³-hybridized carbons (Fsp3) is 0.192. The Morgan fingerprint density at radius 3 is 2.46 bits per heavy atom. The summed E-state index contributed by atoms with van der Waals surface area (Å²) < 4.78 is 27.1. The van der Waals surface area contributed by atoms with Gasteiger partial charge in [0.25, 0.3) is 0 Å². The van der Waals surface area contributed by atoms with Crippen molar-refractivity contribution < 1.29 is 18.7 Å². The number of ether oxygens (including phenoxy) is 2. The average Bonchev–Trinajstić information content (AvgIpc) is 3.28. The largest absolute Gasteiger partial charge is 0.494 e. The standard InChI is InChI=1S/C26H25FN4O3S/c1-3-33-22-13-11-20(12-14-22)31-24(16-34-21-7-5-4-6-8-21)29-30-26(31)35-17-25(32)28-19-10-9-18(2)23(27)15-19/h4-15H,3,16-17H2,1-2H3,(H,28,32). The minimum atomic E-state index is -0.367. The molecule has 0 saturated heterocycles. The minimum absolute atomic E-state index is 0.0736. The number of nitrogens with zero attached hydrogens (tertiary/aromatic N) is 3. The van der Waals surface area contributed by atoms with Crippen LogP contribution in [0.4, 0.5) is 10.1 Å². The lowest BCUT2D eigenvalue weighted by Crippen LogP contribution is -2.15. The lowest BCUT2D eigenvalue weighted by molar-refractivity contribution is -0.113. The summed E-state index contributed by atoms with van der Waals surface area (Å²) in [4.78, 5) is 12.5. The molecule has 1 N–H and O–H groups in total. The summed E-state index contributed by atoms with van der Waals surface area (Å²) in [6.07, 6.45) is 0. The molecule has 0 spiro atoms. The Balaban J connectivity index is 1.51. The van der Waals surface area contributed by atoms with Crippen LogP contribution in [0.25, 0.3) is 5.69 Å². The zero-order valence-electron chi connectivity index (χ0n) is 19.4. The van der Waals surface area contributed by atoms with Gasteiger partial charge in [0.15, 0.2) is 11.0 Å². The number of amides is 1. The molecule has 0 unspecified atom stereocenters. The van der Waals surface area contributed by atoms with Crippen LogP contribution in [0, 0.1) is 12.7 Å². The van der Waals surface area contributed by atoms with Gasteiger partial charge in [-0.1, -0.05) is 36.0 Å². The Labute approximate surface area is 207 Å². The Kier molecular flexibility index (Phi) is 7.99. The molecule has 0 fully saturated rings. The number of anilines is 1. The Bertz CT molecular complexity index is 1280. The molecule has 0 radical (unpaired) electrons. The quantitative estimate of drug-likeness (QED) is 0.298. The van der Waals surface area contributed by atoms with E-state index in [9.17, 15) is 9.18 Å². The van der Waals surface area contributed by atoms with Crippen molar-refractivity contribution in [1.29, 1.82) is 0 Å². The van der Waals surface area contributed by atoms with E-state index in [4.69, 9.17) is 9.47 Å². The first-order chi connectivity index (χ1) is 17.0. The van der Waals surface area contributed by atoms with Crippen LogP contribution in [-0.2, 0) is 11.4 Å². The van der Waals surface area contributed by atoms with Gasteiger partial charge in [-0.3, -0.25) is 9.36 Å². The Morgan fingerprint density at radius 1 is 1.00 bits per heavy atom. The highest BCUT2D eigenvalue weighted by atomic mass is 32.2. The van der Waals surface area contributed by atoms with Gasteiger partial charge in [-0.15, -0.1) is 10.2 Å². The van der Waals surface area contributed by atoms with Crippen LogP contribution in [0.1, 0.15) is 18.3 Å². The Hall–Kier alpha value is -3.85. The normalized spacial score (nSPS) is 10.7. The number of hydrogen-bond donors (Lipinski definition) is 1. The van der Waals surface area contributed by atoms with Gasteiger partial charge in [0.1, 0.15) is 23.9 Å². The molecular weight excluding hydrogens is 467 g/mol. The zero-order chi connectivity index (χ0) is 24.6. The highest BCUT2D eigenvalue weighted by molar-refractivity contribution is 7.99. The second-order valence-electron chi connectivity index (χ2n) is 7.56. The molecule has 0 saturated carbocycles. The first-order valence-electron chi connectivity index (χ1n) is 11.1. The summed E-state index contributed by atoms with van der Waals surface area (Å²) >= 11 is 1.23. The van der Waals surface area contributed by atoms with Crippen LogP contribution in [0.15, 0.2) is 78.0 Å². The monoisotopic (exact) mass is 492 g/mol. The van der Waals surface area contributed by atoms with Crippen LogP contribution >= 0.6 is 11.8 Å². The molecule has 1 heterocycles. The molecule has 7 nitrogen and oxygen atoms in total. The van der Waals surface area contributed by atoms with Gasteiger partial charge in [-0.2, -0.15) is 0 Å². The fourth-order valence-electron chi connectivity index (χ4n) is 3.27. The first-order valence-corrected chi connectivity index (χ1v) is 12.1. The van der Waals surface area contributed by atoms with Gasteiger partial charge >= 0.3 is 0 Å². The SMILES string of the molecule is CCOc1ccc(-n2c(COc3ccccc3)nnc2SCC(=O)Nc2ccc(C)c(F)c2)cc1. The molecule has 35 heavy (non-hydrogen) atoms. The summed E-state index contributed by atoms with van der Waals surface area (Å²) in [6.45, 7) is 4.37. The highest BCUT2D eigenvalue weighted by Gasteiger charge is 2.17. The van der Waals surface area contributed by atoms with Gasteiger partial charge in [0.05, 0.1) is 12.4 Å². The lowest BCUT2D eigenvalue weighted by atomic mass is 10.2. The molecule has 0 aliphatic rings. The molecule has 0 aliphatic carbocycles. The van der Waals surface area contributed by atoms with Crippen molar-refractivity contribution >= 4 is 23.4 Å². The molecule has 0 bridgehead atoms. The van der Waals surface area contributed by atoms with Crippen LogP contribution in [0.2, 0.25) is 0 Å². The van der Waals surface area contributed by atoms with Gasteiger partial charge in [0.2, 0.25) is 5.91 Å². The van der Waals surface area contributed by atoms with Crippen LogP contribution in [0.3, 0.4) is 0 Å². The second kappa shape index (κ2) is 11.5. The topological polar surface area (TPSA) is 78.3 Å². The van der Waals surface area contributed by atoms with Crippen molar-refractivity contribution in [3.8, 4) is 17.2 Å². The molecule has 1 aromatic heterocycles. The predicted molar refractivity (Wildman–Crippen MR) is 134 cm³/mol. The third kappa shape index (κ3) is 6.39. The summed E-state index contributed by atoms with van der Waals surface area (Å²) in [5.41, 5.74) is 1.74. The number of benzene rings is 3. The van der Waals surface area contributed by atoms with Crippen LogP contribution < -0.4 is 14.8 Å². The van der Waals surface area contributed by atoms with Crippen LogP contribution in [0.5, 0.6) is 11.5 Å². The third-order valence-electron chi connectivity index (χ3n) is 5.01. The molecule has 9 heteroatoms. The van der Waals surface area contributed by atoms with E-state index in [1.807, 2.05) is 66.1 Å². The summed E-state index contributed by atoms with van der Waals surface area (Å²) in [6, 6.07) is 21.6. The van der Waals surface area contributed by atoms with Gasteiger partial charge < -0.3 is 14.8 Å². The molecule has 0 aliphatic heterocycles. The first kappa shape index (κ1) is 24.3. The molecule has 3 aromatic carbocycles. The Morgan fingerprint density at radius 2 is 1.74 bits per heavy atom. The van der Waals surface area contributed by atoms with Crippen molar-refractivity contribution in [1.82, 2.24) is 14.8 Å². The van der Waals surface area contributed by atoms with Crippen molar-refractivity contribution in [2.24, 2.45) is 0 Å². The number of aryl methyl sites for hydroxylation is 1.